The molecule has 2 rings (SSSR count). The molecule has 21 heavy (non-hydrogen) atoms. The summed E-state index contributed by atoms with van der Waals surface area (Å²) in [7, 11) is -3.16. The lowest BCUT2D eigenvalue weighted by Crippen LogP contribution is -2.23. The molecular formula is C16H20N2O2S. The molecule has 1 aromatic heterocycles. The fourth-order valence-corrected chi connectivity index (χ4v) is 2.93. The van der Waals surface area contributed by atoms with Crippen molar-refractivity contribution >= 4 is 9.84 Å². The highest BCUT2D eigenvalue weighted by Crippen LogP contribution is 2.25. The van der Waals surface area contributed by atoms with Crippen LogP contribution in [0.4, 0.5) is 0 Å². The second-order valence-electron chi connectivity index (χ2n) is 5.06. The van der Waals surface area contributed by atoms with Gasteiger partial charge in [0, 0.05) is 18.6 Å². The molecule has 0 bridgehead atoms. The fraction of sp³-hybridized carbons (Fsp3) is 0.312. The van der Waals surface area contributed by atoms with Gasteiger partial charge in [-0.3, -0.25) is 4.98 Å². The molecule has 0 fully saturated rings. The van der Waals surface area contributed by atoms with Crippen LogP contribution in [-0.4, -0.2) is 26.2 Å². The summed E-state index contributed by atoms with van der Waals surface area (Å²) < 4.78 is 23.1. The summed E-state index contributed by atoms with van der Waals surface area (Å²) in [6.45, 7) is 4.91. The van der Waals surface area contributed by atoms with Crippen molar-refractivity contribution in [1.82, 2.24) is 10.3 Å². The van der Waals surface area contributed by atoms with E-state index in [2.05, 4.69) is 10.3 Å². The van der Waals surface area contributed by atoms with Crippen molar-refractivity contribution in [3.05, 3.63) is 59.4 Å². The molecule has 0 aliphatic rings. The van der Waals surface area contributed by atoms with E-state index in [1.165, 1.54) is 6.26 Å². The average molecular weight is 304 g/mol. The molecule has 0 aliphatic heterocycles. The van der Waals surface area contributed by atoms with E-state index < -0.39 is 9.84 Å². The maximum atomic E-state index is 11.5. The van der Waals surface area contributed by atoms with Gasteiger partial charge in [-0.05, 0) is 48.4 Å². The summed E-state index contributed by atoms with van der Waals surface area (Å²) >= 11 is 0. The normalized spacial score (nSPS) is 13.1. The van der Waals surface area contributed by atoms with Crippen molar-refractivity contribution in [3.63, 3.8) is 0 Å². The van der Waals surface area contributed by atoms with Crippen LogP contribution in [0.3, 0.4) is 0 Å². The standard InChI is InChI=1S/C16H20N2O2S/c1-4-18-16(15-11-17-10-9-12(15)2)13-5-7-14(8-6-13)21(3,19)20/h5-11,16,18H,4H2,1-3H3. The number of benzene rings is 1. The van der Waals surface area contributed by atoms with Crippen molar-refractivity contribution in [1.29, 1.82) is 0 Å². The van der Waals surface area contributed by atoms with Gasteiger partial charge in [0.05, 0.1) is 10.9 Å². The van der Waals surface area contributed by atoms with Crippen LogP contribution in [0.2, 0.25) is 0 Å². The second-order valence-corrected chi connectivity index (χ2v) is 7.08. The number of rotatable bonds is 5. The van der Waals surface area contributed by atoms with Crippen LogP contribution in [0.1, 0.15) is 29.7 Å². The van der Waals surface area contributed by atoms with Crippen LogP contribution in [0, 0.1) is 6.92 Å². The van der Waals surface area contributed by atoms with E-state index in [4.69, 9.17) is 0 Å². The first-order valence-electron chi connectivity index (χ1n) is 6.87. The third-order valence-electron chi connectivity index (χ3n) is 3.44. The van der Waals surface area contributed by atoms with Crippen molar-refractivity contribution in [2.45, 2.75) is 24.8 Å². The summed E-state index contributed by atoms with van der Waals surface area (Å²) in [5.74, 6) is 0. The van der Waals surface area contributed by atoms with Gasteiger partial charge >= 0.3 is 0 Å². The number of hydrogen-bond acceptors (Lipinski definition) is 4. The number of nitrogens with zero attached hydrogens (tertiary/aromatic N) is 1. The Kier molecular flexibility index (Phi) is 4.75. The summed E-state index contributed by atoms with van der Waals surface area (Å²) in [5.41, 5.74) is 3.29. The zero-order chi connectivity index (χ0) is 15.5. The molecule has 4 nitrogen and oxygen atoms in total. The van der Waals surface area contributed by atoms with E-state index in [0.29, 0.717) is 4.90 Å². The molecule has 5 heteroatoms. The predicted molar refractivity (Wildman–Crippen MR) is 84.0 cm³/mol. The molecule has 0 saturated carbocycles. The molecule has 2 aromatic rings. The van der Waals surface area contributed by atoms with Crippen LogP contribution in [0.5, 0.6) is 0 Å². The van der Waals surface area contributed by atoms with Gasteiger partial charge in [-0.2, -0.15) is 0 Å². The quantitative estimate of drug-likeness (QED) is 0.922. The van der Waals surface area contributed by atoms with Crippen molar-refractivity contribution in [3.8, 4) is 0 Å². The van der Waals surface area contributed by atoms with Crippen molar-refractivity contribution in [2.75, 3.05) is 12.8 Å². The Labute approximate surface area is 126 Å². The maximum absolute atomic E-state index is 11.5. The number of aryl methyl sites for hydroxylation is 1. The summed E-state index contributed by atoms with van der Waals surface area (Å²) in [5, 5.41) is 3.42. The summed E-state index contributed by atoms with van der Waals surface area (Å²) in [4.78, 5) is 4.53. The van der Waals surface area contributed by atoms with Crippen LogP contribution < -0.4 is 5.32 Å². The molecule has 0 spiro atoms. The van der Waals surface area contributed by atoms with Gasteiger partial charge in [0.1, 0.15) is 0 Å². The Balaban J connectivity index is 2.42. The first kappa shape index (κ1) is 15.7. The highest BCUT2D eigenvalue weighted by molar-refractivity contribution is 7.90. The number of pyridine rings is 1. The van der Waals surface area contributed by atoms with Gasteiger partial charge in [0.15, 0.2) is 9.84 Å². The monoisotopic (exact) mass is 304 g/mol. The lowest BCUT2D eigenvalue weighted by Gasteiger charge is -2.20. The number of aromatic nitrogens is 1. The van der Waals surface area contributed by atoms with Crippen molar-refractivity contribution < 1.29 is 8.42 Å². The molecule has 1 atom stereocenters. The zero-order valence-electron chi connectivity index (χ0n) is 12.5. The molecule has 112 valence electrons. The third-order valence-corrected chi connectivity index (χ3v) is 4.57. The number of sulfone groups is 1. The van der Waals surface area contributed by atoms with Crippen molar-refractivity contribution in [2.24, 2.45) is 0 Å². The summed E-state index contributed by atoms with van der Waals surface area (Å²) in [6.07, 6.45) is 4.84. The topological polar surface area (TPSA) is 59.1 Å². The Morgan fingerprint density at radius 1 is 1.19 bits per heavy atom. The second kappa shape index (κ2) is 6.37. The Morgan fingerprint density at radius 2 is 1.86 bits per heavy atom. The molecule has 0 aliphatic carbocycles. The first-order valence-corrected chi connectivity index (χ1v) is 8.76. The van der Waals surface area contributed by atoms with Gasteiger partial charge in [0.2, 0.25) is 0 Å². The first-order chi connectivity index (χ1) is 9.93. The highest BCUT2D eigenvalue weighted by Gasteiger charge is 2.16. The molecule has 0 radical (unpaired) electrons. The largest absolute Gasteiger partial charge is 0.306 e. The van der Waals surface area contributed by atoms with E-state index in [1.807, 2.05) is 38.2 Å². The Hall–Kier alpha value is -1.72. The molecule has 1 unspecified atom stereocenters. The van der Waals surface area contributed by atoms with Crippen LogP contribution in [0.25, 0.3) is 0 Å². The average Bonchev–Trinajstić information content (AvgIpc) is 2.45. The van der Waals surface area contributed by atoms with E-state index in [9.17, 15) is 8.42 Å². The molecule has 0 saturated heterocycles. The van der Waals surface area contributed by atoms with Gasteiger partial charge in [-0.1, -0.05) is 19.1 Å². The number of hydrogen-bond donors (Lipinski definition) is 1. The lowest BCUT2D eigenvalue weighted by atomic mass is 9.97. The Morgan fingerprint density at radius 3 is 2.38 bits per heavy atom. The highest BCUT2D eigenvalue weighted by atomic mass is 32.2. The van der Waals surface area contributed by atoms with E-state index >= 15 is 0 Å². The number of nitrogens with one attached hydrogen (secondary N) is 1. The van der Waals surface area contributed by atoms with Gasteiger partial charge in [0.25, 0.3) is 0 Å². The van der Waals surface area contributed by atoms with Gasteiger partial charge in [-0.15, -0.1) is 0 Å². The molecular weight excluding hydrogens is 284 g/mol. The lowest BCUT2D eigenvalue weighted by molar-refractivity contribution is 0.601. The predicted octanol–water partition coefficient (Wildman–Crippen LogP) is 2.49. The van der Waals surface area contributed by atoms with E-state index in [-0.39, 0.29) is 6.04 Å². The molecule has 1 aromatic carbocycles. The van der Waals surface area contributed by atoms with Crippen LogP contribution >= 0.6 is 0 Å². The molecule has 1 N–H and O–H groups in total. The Bertz CT molecular complexity index is 709. The third kappa shape index (κ3) is 3.68. The maximum Gasteiger partial charge on any atom is 0.175 e. The van der Waals surface area contributed by atoms with E-state index in [0.717, 1.165) is 23.2 Å². The molecule has 0 amide bonds. The van der Waals surface area contributed by atoms with Gasteiger partial charge < -0.3 is 5.32 Å². The van der Waals surface area contributed by atoms with Gasteiger partial charge in [-0.25, -0.2) is 8.42 Å². The molecule has 1 heterocycles. The minimum absolute atomic E-state index is 0.0114. The zero-order valence-corrected chi connectivity index (χ0v) is 13.3. The van der Waals surface area contributed by atoms with E-state index in [1.54, 1.807) is 18.3 Å². The minimum Gasteiger partial charge on any atom is -0.306 e. The minimum atomic E-state index is -3.16. The fourth-order valence-electron chi connectivity index (χ4n) is 2.30. The summed E-state index contributed by atoms with van der Waals surface area (Å²) in [6, 6.07) is 9.01. The van der Waals surface area contributed by atoms with Crippen LogP contribution in [0.15, 0.2) is 47.6 Å². The SMILES string of the molecule is CCNC(c1ccc(S(C)(=O)=O)cc1)c1cnccc1C. The smallest absolute Gasteiger partial charge is 0.175 e. The van der Waals surface area contributed by atoms with Crippen LogP contribution in [-0.2, 0) is 9.84 Å².